The monoisotopic (exact) mass is 1070 g/mol. The molecule has 13 aromatic carbocycles. The van der Waals surface area contributed by atoms with Gasteiger partial charge in [-0.2, -0.15) is 0 Å². The quantitative estimate of drug-likeness (QED) is 0.166. The molecular weight excluding hydrogens is 1020 g/mol. The Labute approximate surface area is 488 Å². The second-order valence-corrected chi connectivity index (χ2v) is 22.9. The Morgan fingerprint density at radius 1 is 0.226 bits per heavy atom. The number of benzene rings is 13. The lowest BCUT2D eigenvalue weighted by Crippen LogP contribution is -2.32. The van der Waals surface area contributed by atoms with Crippen LogP contribution in [-0.4, -0.2) is 0 Å². The predicted octanol–water partition coefficient (Wildman–Crippen LogP) is 20.1. The van der Waals surface area contributed by atoms with Crippen molar-refractivity contribution < 1.29 is 9.47 Å². The lowest BCUT2D eigenvalue weighted by Gasteiger charge is -2.39. The average molecular weight is 1070 g/mol. The van der Waals surface area contributed by atoms with Gasteiger partial charge in [0.05, 0.1) is 21.9 Å². The van der Waals surface area contributed by atoms with Crippen molar-refractivity contribution in [1.29, 1.82) is 0 Å². The summed E-state index contributed by atoms with van der Waals surface area (Å²) in [6.45, 7) is 0. The van der Waals surface area contributed by atoms with Crippen LogP contribution in [0.1, 0.15) is 66.8 Å². The Bertz CT molecular complexity index is 4730. The number of para-hydroxylation sites is 4. The molecule has 18 rings (SSSR count). The fourth-order valence-corrected chi connectivity index (χ4v) is 15.9. The molecular formula is C81H51NO2. The van der Waals surface area contributed by atoms with E-state index in [0.717, 1.165) is 73.4 Å². The molecule has 2 heterocycles. The first kappa shape index (κ1) is 47.0. The maximum atomic E-state index is 6.82. The predicted molar refractivity (Wildman–Crippen MR) is 339 cm³/mol. The van der Waals surface area contributed by atoms with Gasteiger partial charge in [0.25, 0.3) is 0 Å². The molecule has 13 aromatic rings. The van der Waals surface area contributed by atoms with Crippen molar-refractivity contribution in [2.75, 3.05) is 4.90 Å². The van der Waals surface area contributed by atoms with Crippen LogP contribution in [0.2, 0.25) is 0 Å². The molecule has 3 aliphatic carbocycles. The molecule has 0 saturated heterocycles. The molecule has 0 aromatic heterocycles. The highest BCUT2D eigenvalue weighted by atomic mass is 16.5. The van der Waals surface area contributed by atoms with Crippen LogP contribution < -0.4 is 14.4 Å². The third-order valence-corrected chi connectivity index (χ3v) is 19.1. The summed E-state index contributed by atoms with van der Waals surface area (Å²) in [5.41, 5.74) is 25.7. The lowest BCUT2D eigenvalue weighted by atomic mass is 9.66. The van der Waals surface area contributed by atoms with Gasteiger partial charge < -0.3 is 14.4 Å². The number of rotatable bonds is 6. The van der Waals surface area contributed by atoms with Crippen LogP contribution >= 0.6 is 0 Å². The Morgan fingerprint density at radius 3 is 1.11 bits per heavy atom. The number of hydrogen-bond donors (Lipinski definition) is 0. The molecule has 0 saturated carbocycles. The summed E-state index contributed by atoms with van der Waals surface area (Å²) in [5, 5.41) is 0. The summed E-state index contributed by atoms with van der Waals surface area (Å²) in [7, 11) is 0. The molecule has 0 N–H and O–H groups in total. The third kappa shape index (κ3) is 6.09. The van der Waals surface area contributed by atoms with Crippen LogP contribution in [0, 0.1) is 0 Å². The number of fused-ring (bicyclic) bond motifs is 21. The molecule has 0 atom stereocenters. The highest BCUT2D eigenvalue weighted by Crippen LogP contribution is 2.66. The average Bonchev–Trinajstić information content (AvgIpc) is 2.46. The van der Waals surface area contributed by atoms with Crippen molar-refractivity contribution in [2.24, 2.45) is 0 Å². The van der Waals surface area contributed by atoms with Crippen molar-refractivity contribution in [3.8, 4) is 67.5 Å². The lowest BCUT2D eigenvalue weighted by molar-refractivity contribution is 0.436. The second-order valence-electron chi connectivity index (χ2n) is 22.9. The van der Waals surface area contributed by atoms with Gasteiger partial charge in [-0.3, -0.25) is 0 Å². The Hall–Kier alpha value is -10.7. The highest BCUT2D eigenvalue weighted by molar-refractivity contribution is 5.99. The van der Waals surface area contributed by atoms with Crippen LogP contribution in [0.4, 0.5) is 17.1 Å². The van der Waals surface area contributed by atoms with Crippen LogP contribution in [0.25, 0.3) is 44.5 Å². The van der Waals surface area contributed by atoms with E-state index >= 15 is 0 Å². The second kappa shape index (κ2) is 17.6. The summed E-state index contributed by atoms with van der Waals surface area (Å²) >= 11 is 0. The molecule has 5 aliphatic rings. The highest BCUT2D eigenvalue weighted by Gasteiger charge is 2.53. The fourth-order valence-electron chi connectivity index (χ4n) is 15.9. The van der Waals surface area contributed by atoms with E-state index in [4.69, 9.17) is 9.47 Å². The molecule has 84 heavy (non-hydrogen) atoms. The number of nitrogens with zero attached hydrogens (tertiary/aromatic N) is 1. The molecule has 2 aliphatic heterocycles. The minimum absolute atomic E-state index is 0.571. The van der Waals surface area contributed by atoms with Gasteiger partial charge >= 0.3 is 0 Å². The topological polar surface area (TPSA) is 21.7 Å². The maximum absolute atomic E-state index is 6.82. The smallest absolute Gasteiger partial charge is 0.132 e. The molecule has 3 nitrogen and oxygen atoms in total. The van der Waals surface area contributed by atoms with Gasteiger partial charge in [-0.15, -0.1) is 0 Å². The maximum Gasteiger partial charge on any atom is 0.132 e. The van der Waals surface area contributed by atoms with Crippen molar-refractivity contribution in [2.45, 2.75) is 16.2 Å². The van der Waals surface area contributed by atoms with E-state index in [2.05, 4.69) is 314 Å². The van der Waals surface area contributed by atoms with Gasteiger partial charge in [-0.25, -0.2) is 0 Å². The van der Waals surface area contributed by atoms with Crippen molar-refractivity contribution in [1.82, 2.24) is 0 Å². The first-order valence-corrected chi connectivity index (χ1v) is 29.1. The largest absolute Gasteiger partial charge is 0.457 e. The molecule has 392 valence electrons. The number of ether oxygens (including phenoxy) is 2. The Kier molecular flexibility index (Phi) is 9.86. The molecule has 3 heteroatoms. The van der Waals surface area contributed by atoms with Gasteiger partial charge in [-0.05, 0) is 144 Å². The number of anilines is 3. The third-order valence-electron chi connectivity index (χ3n) is 19.1. The standard InChI is InChI=1S/C81H51NO2/c1-3-22-54(23-4-1)79(55-24-5-2-6-25-55)65-31-12-9-28-62(65)78-70(79)36-21-37-73(78)82(57-47-49-61-59-27-8-11-30-64(59)81(72(61)51-57)68-34-15-19-40-76(68)84-77-41-20-16-35-69(77)81)56-45-42-52(43-46-56)53-44-48-60-58-26-7-10-29-63(58)80(71(60)50-53)66-32-13-17-38-74(66)83-75-39-18-14-33-67(75)80/h1-51H. The first-order valence-electron chi connectivity index (χ1n) is 29.1. The summed E-state index contributed by atoms with van der Waals surface area (Å²) in [5.74, 6) is 3.53. The SMILES string of the molecule is c1ccc(C2(c3ccccc3)c3ccccc3-c3c(N(c4ccc(-c5ccc6c(c5)C5(c7ccccc7Oc7ccccc75)c5ccccc5-6)cc4)c4ccc5c(c4)C4(c6ccccc6Oc6ccccc64)c4ccccc4-5)cccc32)cc1. The van der Waals surface area contributed by atoms with E-state index in [-0.39, 0.29) is 0 Å². The van der Waals surface area contributed by atoms with Gasteiger partial charge in [0.1, 0.15) is 23.0 Å². The van der Waals surface area contributed by atoms with Gasteiger partial charge in [0, 0.05) is 39.2 Å². The van der Waals surface area contributed by atoms with Gasteiger partial charge in [-0.1, -0.05) is 249 Å². The number of hydrogen-bond acceptors (Lipinski definition) is 3. The Morgan fingerprint density at radius 2 is 0.595 bits per heavy atom. The van der Waals surface area contributed by atoms with Gasteiger partial charge in [0.2, 0.25) is 0 Å². The van der Waals surface area contributed by atoms with Crippen molar-refractivity contribution >= 4 is 17.1 Å². The van der Waals surface area contributed by atoms with Crippen LogP contribution in [0.15, 0.2) is 309 Å². The summed E-state index contributed by atoms with van der Waals surface area (Å²) < 4.78 is 13.5. The molecule has 0 fully saturated rings. The van der Waals surface area contributed by atoms with E-state index in [9.17, 15) is 0 Å². The minimum atomic E-state index is -0.653. The van der Waals surface area contributed by atoms with Crippen LogP contribution in [0.5, 0.6) is 23.0 Å². The molecule has 2 spiro atoms. The zero-order valence-corrected chi connectivity index (χ0v) is 45.7. The van der Waals surface area contributed by atoms with E-state index < -0.39 is 16.2 Å². The zero-order valence-electron chi connectivity index (χ0n) is 45.7. The normalized spacial score (nSPS) is 14.7. The van der Waals surface area contributed by atoms with Crippen LogP contribution in [0.3, 0.4) is 0 Å². The molecule has 0 radical (unpaired) electrons. The molecule has 0 unspecified atom stereocenters. The van der Waals surface area contributed by atoms with Gasteiger partial charge in [0.15, 0.2) is 0 Å². The fraction of sp³-hybridized carbons (Fsp3) is 0.0370. The van der Waals surface area contributed by atoms with E-state index in [1.165, 1.54) is 77.9 Å². The summed E-state index contributed by atoms with van der Waals surface area (Å²) in [6.07, 6.45) is 0. The van der Waals surface area contributed by atoms with E-state index in [1.807, 2.05) is 0 Å². The molecule has 0 amide bonds. The van der Waals surface area contributed by atoms with E-state index in [1.54, 1.807) is 0 Å². The first-order chi connectivity index (χ1) is 41.7. The Balaban J connectivity index is 0.873. The minimum Gasteiger partial charge on any atom is -0.457 e. The van der Waals surface area contributed by atoms with Crippen LogP contribution in [-0.2, 0) is 16.2 Å². The summed E-state index contributed by atoms with van der Waals surface area (Å²) in [6, 6.07) is 114. The van der Waals surface area contributed by atoms with Crippen molar-refractivity contribution in [3.63, 3.8) is 0 Å². The summed E-state index contributed by atoms with van der Waals surface area (Å²) in [4.78, 5) is 2.53. The van der Waals surface area contributed by atoms with Crippen molar-refractivity contribution in [3.05, 3.63) is 376 Å². The zero-order chi connectivity index (χ0) is 55.1. The van der Waals surface area contributed by atoms with E-state index in [0.29, 0.717) is 0 Å². The molecule has 0 bridgehead atoms.